The van der Waals surface area contributed by atoms with E-state index >= 15 is 0 Å². The summed E-state index contributed by atoms with van der Waals surface area (Å²) in [6.07, 6.45) is 6.09. The molecule has 1 aliphatic rings. The Bertz CT molecular complexity index is 539. The molecular formula is C15H24N2O2S. The van der Waals surface area contributed by atoms with Crippen molar-refractivity contribution in [2.75, 3.05) is 24.7 Å². The molecule has 1 aromatic rings. The monoisotopic (exact) mass is 296 g/mol. The molecule has 2 N–H and O–H groups in total. The van der Waals surface area contributed by atoms with Crippen LogP contribution in [0.25, 0.3) is 0 Å². The summed E-state index contributed by atoms with van der Waals surface area (Å²) in [5.41, 5.74) is 6.94. The summed E-state index contributed by atoms with van der Waals surface area (Å²) in [5, 5.41) is 0. The maximum absolute atomic E-state index is 11.5. The van der Waals surface area contributed by atoms with E-state index in [0.29, 0.717) is 16.9 Å². The average molecular weight is 296 g/mol. The number of rotatable bonds is 4. The minimum Gasteiger partial charge on any atom is -0.371 e. The minimum absolute atomic E-state index is 0.369. The molecule has 2 unspecified atom stereocenters. The van der Waals surface area contributed by atoms with Crippen LogP contribution in [0.2, 0.25) is 0 Å². The highest BCUT2D eigenvalue weighted by Crippen LogP contribution is 2.30. The molecule has 0 radical (unpaired) electrons. The van der Waals surface area contributed by atoms with Gasteiger partial charge in [0, 0.05) is 25.0 Å². The first-order chi connectivity index (χ1) is 9.43. The van der Waals surface area contributed by atoms with Crippen LogP contribution in [0.1, 0.15) is 25.7 Å². The third kappa shape index (κ3) is 3.33. The fraction of sp³-hybridized carbons (Fsp3) is 0.600. The second-order valence-electron chi connectivity index (χ2n) is 5.72. The van der Waals surface area contributed by atoms with Crippen molar-refractivity contribution in [3.05, 3.63) is 24.3 Å². The lowest BCUT2D eigenvalue weighted by molar-refractivity contribution is 0.306. The Labute approximate surface area is 121 Å². The topological polar surface area (TPSA) is 63.4 Å². The molecule has 1 aromatic carbocycles. The van der Waals surface area contributed by atoms with Gasteiger partial charge in [-0.3, -0.25) is 0 Å². The predicted octanol–water partition coefficient (Wildman–Crippen LogP) is 2.04. The van der Waals surface area contributed by atoms with Crippen LogP contribution in [0.3, 0.4) is 0 Å². The fourth-order valence-corrected chi connectivity index (χ4v) is 3.72. The minimum atomic E-state index is -3.12. The van der Waals surface area contributed by atoms with Crippen LogP contribution in [0, 0.1) is 5.92 Å². The van der Waals surface area contributed by atoms with Gasteiger partial charge in [-0.1, -0.05) is 12.8 Å². The van der Waals surface area contributed by atoms with Gasteiger partial charge in [0.1, 0.15) is 0 Å². The molecule has 4 nitrogen and oxygen atoms in total. The van der Waals surface area contributed by atoms with Crippen molar-refractivity contribution in [2.24, 2.45) is 11.7 Å². The molecule has 0 bridgehead atoms. The van der Waals surface area contributed by atoms with E-state index in [0.717, 1.165) is 18.7 Å². The van der Waals surface area contributed by atoms with Crippen LogP contribution >= 0.6 is 0 Å². The molecule has 1 aliphatic carbocycles. The Balaban J connectivity index is 2.18. The lowest BCUT2D eigenvalue weighted by Crippen LogP contribution is -2.43. The first kappa shape index (κ1) is 15.3. The molecule has 0 spiro atoms. The first-order valence-electron chi connectivity index (χ1n) is 7.16. The third-order valence-corrected chi connectivity index (χ3v) is 5.47. The summed E-state index contributed by atoms with van der Waals surface area (Å²) >= 11 is 0. The molecule has 1 saturated carbocycles. The lowest BCUT2D eigenvalue weighted by Gasteiger charge is -2.39. The van der Waals surface area contributed by atoms with Crippen LogP contribution in [-0.4, -0.2) is 34.3 Å². The standard InChI is InChI=1S/C15H24N2O2S/c1-17(15-6-4-3-5-12(15)11-16)13-7-9-14(10-8-13)20(2,18)19/h7-10,12,15H,3-6,11,16H2,1-2H3. The molecule has 0 amide bonds. The van der Waals surface area contributed by atoms with E-state index in [1.54, 1.807) is 12.1 Å². The number of sulfone groups is 1. The first-order valence-corrected chi connectivity index (χ1v) is 9.05. The molecule has 2 rings (SSSR count). The fourth-order valence-electron chi connectivity index (χ4n) is 3.09. The summed E-state index contributed by atoms with van der Waals surface area (Å²) in [6.45, 7) is 0.719. The number of hydrogen-bond donors (Lipinski definition) is 1. The zero-order valence-corrected chi connectivity index (χ0v) is 13.1. The highest BCUT2D eigenvalue weighted by molar-refractivity contribution is 7.90. The van der Waals surface area contributed by atoms with Crippen molar-refractivity contribution in [1.29, 1.82) is 0 Å². The number of nitrogens with two attached hydrogens (primary N) is 1. The zero-order chi connectivity index (χ0) is 14.8. The summed E-state index contributed by atoms with van der Waals surface area (Å²) < 4.78 is 23.0. The van der Waals surface area contributed by atoms with E-state index in [9.17, 15) is 8.42 Å². The smallest absolute Gasteiger partial charge is 0.175 e. The SMILES string of the molecule is CN(c1ccc(S(C)(=O)=O)cc1)C1CCCCC1CN. The van der Waals surface area contributed by atoms with Crippen LogP contribution in [0.5, 0.6) is 0 Å². The second kappa shape index (κ2) is 6.14. The van der Waals surface area contributed by atoms with Gasteiger partial charge in [-0.15, -0.1) is 0 Å². The molecule has 1 fully saturated rings. The molecule has 20 heavy (non-hydrogen) atoms. The van der Waals surface area contributed by atoms with E-state index < -0.39 is 9.84 Å². The van der Waals surface area contributed by atoms with Gasteiger partial charge in [-0.2, -0.15) is 0 Å². The van der Waals surface area contributed by atoms with Crippen molar-refractivity contribution in [2.45, 2.75) is 36.6 Å². The van der Waals surface area contributed by atoms with Gasteiger partial charge in [0.15, 0.2) is 9.84 Å². The Morgan fingerprint density at radius 2 is 1.80 bits per heavy atom. The average Bonchev–Trinajstić information content (AvgIpc) is 2.45. The van der Waals surface area contributed by atoms with Gasteiger partial charge >= 0.3 is 0 Å². The Morgan fingerprint density at radius 3 is 2.35 bits per heavy atom. The normalized spacial score (nSPS) is 23.6. The second-order valence-corrected chi connectivity index (χ2v) is 7.74. The van der Waals surface area contributed by atoms with Gasteiger partial charge in [0.25, 0.3) is 0 Å². The maximum Gasteiger partial charge on any atom is 0.175 e. The summed E-state index contributed by atoms with van der Waals surface area (Å²) in [5.74, 6) is 0.531. The molecular weight excluding hydrogens is 272 g/mol. The van der Waals surface area contributed by atoms with Crippen molar-refractivity contribution >= 4 is 15.5 Å². The third-order valence-electron chi connectivity index (χ3n) is 4.34. The largest absolute Gasteiger partial charge is 0.371 e. The lowest BCUT2D eigenvalue weighted by atomic mass is 9.83. The van der Waals surface area contributed by atoms with E-state index in [2.05, 4.69) is 11.9 Å². The van der Waals surface area contributed by atoms with Crippen LogP contribution in [0.15, 0.2) is 29.2 Å². The molecule has 0 aromatic heterocycles. The van der Waals surface area contributed by atoms with Gasteiger partial charge in [0.2, 0.25) is 0 Å². The van der Waals surface area contributed by atoms with E-state index in [-0.39, 0.29) is 0 Å². The molecule has 0 heterocycles. The highest BCUT2D eigenvalue weighted by Gasteiger charge is 2.27. The number of anilines is 1. The molecule has 5 heteroatoms. The van der Waals surface area contributed by atoms with Crippen LogP contribution in [0.4, 0.5) is 5.69 Å². The Hall–Kier alpha value is -1.07. The summed E-state index contributed by atoms with van der Waals surface area (Å²) in [4.78, 5) is 2.62. The Morgan fingerprint density at radius 1 is 1.20 bits per heavy atom. The van der Waals surface area contributed by atoms with Gasteiger partial charge in [-0.25, -0.2) is 8.42 Å². The summed E-state index contributed by atoms with van der Waals surface area (Å²) in [7, 11) is -1.05. The molecule has 112 valence electrons. The van der Waals surface area contributed by atoms with E-state index in [4.69, 9.17) is 5.73 Å². The number of nitrogens with zero attached hydrogens (tertiary/aromatic N) is 1. The molecule has 0 saturated heterocycles. The summed E-state index contributed by atoms with van der Waals surface area (Å²) in [6, 6.07) is 7.60. The van der Waals surface area contributed by atoms with Crippen molar-refractivity contribution in [3.63, 3.8) is 0 Å². The van der Waals surface area contributed by atoms with Gasteiger partial charge in [0.05, 0.1) is 4.90 Å². The molecule has 0 aliphatic heterocycles. The predicted molar refractivity (Wildman–Crippen MR) is 82.8 cm³/mol. The number of benzene rings is 1. The molecule has 2 atom stereocenters. The zero-order valence-electron chi connectivity index (χ0n) is 12.2. The van der Waals surface area contributed by atoms with Crippen molar-refractivity contribution in [1.82, 2.24) is 0 Å². The van der Waals surface area contributed by atoms with E-state index in [1.807, 2.05) is 12.1 Å². The van der Waals surface area contributed by atoms with Gasteiger partial charge in [-0.05, 0) is 49.6 Å². The highest BCUT2D eigenvalue weighted by atomic mass is 32.2. The Kier molecular flexibility index (Phi) is 4.70. The van der Waals surface area contributed by atoms with Crippen molar-refractivity contribution in [3.8, 4) is 0 Å². The van der Waals surface area contributed by atoms with Gasteiger partial charge < -0.3 is 10.6 Å². The van der Waals surface area contributed by atoms with Crippen LogP contribution in [-0.2, 0) is 9.84 Å². The quantitative estimate of drug-likeness (QED) is 0.923. The maximum atomic E-state index is 11.5. The van der Waals surface area contributed by atoms with Crippen molar-refractivity contribution < 1.29 is 8.42 Å². The number of hydrogen-bond acceptors (Lipinski definition) is 4. The van der Waals surface area contributed by atoms with Crippen LogP contribution < -0.4 is 10.6 Å². The van der Waals surface area contributed by atoms with E-state index in [1.165, 1.54) is 25.5 Å².